The molecule has 3 nitrogen and oxygen atoms in total. The maximum absolute atomic E-state index is 8.97. The maximum Gasteiger partial charge on any atom is 0.0431 e. The lowest BCUT2D eigenvalue weighted by molar-refractivity contribution is 0.232. The van der Waals surface area contributed by atoms with E-state index in [0.717, 1.165) is 45.6 Å². The number of rotatable bonds is 6. The van der Waals surface area contributed by atoms with E-state index in [4.69, 9.17) is 5.11 Å². The van der Waals surface area contributed by atoms with Crippen LogP contribution in [-0.4, -0.2) is 49.3 Å². The van der Waals surface area contributed by atoms with E-state index < -0.39 is 0 Å². The molecule has 1 N–H and O–H groups in total. The zero-order valence-corrected chi connectivity index (χ0v) is 20.0. The zero-order valence-electron chi connectivity index (χ0n) is 20.0. The first-order valence-electron chi connectivity index (χ1n) is 12.1. The Morgan fingerprint density at radius 3 is 2.00 bits per heavy atom. The Morgan fingerprint density at radius 2 is 1.35 bits per heavy atom. The van der Waals surface area contributed by atoms with Gasteiger partial charge in [0.25, 0.3) is 0 Å². The number of aliphatic hydroxyl groups is 1. The van der Waals surface area contributed by atoms with Gasteiger partial charge in [-0.05, 0) is 77.4 Å². The van der Waals surface area contributed by atoms with Crippen molar-refractivity contribution in [2.24, 2.45) is 0 Å². The smallest absolute Gasteiger partial charge is 0.0431 e. The monoisotopic (exact) mass is 420 g/mol. The topological polar surface area (TPSA) is 26.7 Å². The standard InChI is InChI=1S/C28H40N2O/c1-27(2)13-14-28(3,4)26-21-23(9-12-25(26)27)22-7-10-24(11-8-22)30-18-16-29(17-19-30)15-5-6-20-31/h7-12,21,31H,5-6,13-20H2,1-4H3. The van der Waals surface area contributed by atoms with Crippen LogP contribution in [0.4, 0.5) is 5.69 Å². The van der Waals surface area contributed by atoms with Crippen molar-refractivity contribution in [3.63, 3.8) is 0 Å². The maximum atomic E-state index is 8.97. The van der Waals surface area contributed by atoms with Crippen LogP contribution >= 0.6 is 0 Å². The Labute approximate surface area is 189 Å². The lowest BCUT2D eigenvalue weighted by atomic mass is 9.63. The van der Waals surface area contributed by atoms with Crippen molar-refractivity contribution in [1.82, 2.24) is 4.90 Å². The summed E-state index contributed by atoms with van der Waals surface area (Å²) in [5.74, 6) is 0. The van der Waals surface area contributed by atoms with Crippen LogP contribution in [0.2, 0.25) is 0 Å². The van der Waals surface area contributed by atoms with E-state index >= 15 is 0 Å². The highest BCUT2D eigenvalue weighted by atomic mass is 16.2. The molecule has 0 amide bonds. The van der Waals surface area contributed by atoms with Crippen LogP contribution in [0, 0.1) is 0 Å². The molecule has 1 fully saturated rings. The molecule has 2 aromatic rings. The molecule has 0 atom stereocenters. The molecule has 1 saturated heterocycles. The molecule has 1 aliphatic carbocycles. The number of nitrogens with zero attached hydrogens (tertiary/aromatic N) is 2. The van der Waals surface area contributed by atoms with Gasteiger partial charge in [0.1, 0.15) is 0 Å². The highest BCUT2D eigenvalue weighted by molar-refractivity contribution is 5.68. The Balaban J connectivity index is 1.46. The molecular weight excluding hydrogens is 380 g/mol. The van der Waals surface area contributed by atoms with Gasteiger partial charge >= 0.3 is 0 Å². The van der Waals surface area contributed by atoms with E-state index in [-0.39, 0.29) is 10.8 Å². The number of hydrogen-bond donors (Lipinski definition) is 1. The van der Waals surface area contributed by atoms with Gasteiger partial charge in [-0.3, -0.25) is 4.90 Å². The number of anilines is 1. The van der Waals surface area contributed by atoms with Gasteiger partial charge in [-0.25, -0.2) is 0 Å². The summed E-state index contributed by atoms with van der Waals surface area (Å²) in [6.07, 6.45) is 4.52. The summed E-state index contributed by atoms with van der Waals surface area (Å²) in [7, 11) is 0. The average molecular weight is 421 g/mol. The average Bonchev–Trinajstić information content (AvgIpc) is 2.78. The summed E-state index contributed by atoms with van der Waals surface area (Å²) in [5, 5.41) is 8.97. The van der Waals surface area contributed by atoms with Crippen LogP contribution < -0.4 is 4.90 Å². The minimum atomic E-state index is 0.248. The summed E-state index contributed by atoms with van der Waals surface area (Å²) in [4.78, 5) is 5.03. The van der Waals surface area contributed by atoms with E-state index in [1.54, 1.807) is 0 Å². The van der Waals surface area contributed by atoms with Crippen molar-refractivity contribution in [3.8, 4) is 11.1 Å². The van der Waals surface area contributed by atoms with Crippen LogP contribution in [-0.2, 0) is 10.8 Å². The third kappa shape index (κ3) is 4.83. The molecule has 4 rings (SSSR count). The van der Waals surface area contributed by atoms with Crippen LogP contribution in [0.5, 0.6) is 0 Å². The van der Waals surface area contributed by atoms with Crippen molar-refractivity contribution in [2.75, 3.05) is 44.2 Å². The number of benzene rings is 2. The van der Waals surface area contributed by atoms with Gasteiger partial charge in [0.05, 0.1) is 0 Å². The molecule has 0 radical (unpaired) electrons. The number of piperazine rings is 1. The Hall–Kier alpha value is -1.84. The van der Waals surface area contributed by atoms with Gasteiger partial charge in [-0.1, -0.05) is 58.0 Å². The van der Waals surface area contributed by atoms with Gasteiger partial charge in [0, 0.05) is 38.5 Å². The van der Waals surface area contributed by atoms with Gasteiger partial charge in [-0.15, -0.1) is 0 Å². The first kappa shape index (κ1) is 22.4. The first-order chi connectivity index (χ1) is 14.8. The van der Waals surface area contributed by atoms with E-state index in [2.05, 4.69) is 80.0 Å². The summed E-state index contributed by atoms with van der Waals surface area (Å²) in [6, 6.07) is 16.3. The predicted octanol–water partition coefficient (Wildman–Crippen LogP) is 5.60. The Kier molecular flexibility index (Phi) is 6.46. The van der Waals surface area contributed by atoms with Gasteiger partial charge in [0.15, 0.2) is 0 Å². The van der Waals surface area contributed by atoms with E-state index in [1.165, 1.54) is 40.8 Å². The second kappa shape index (κ2) is 8.96. The zero-order chi connectivity index (χ0) is 22.1. The third-order valence-corrected chi connectivity index (χ3v) is 7.67. The lowest BCUT2D eigenvalue weighted by Crippen LogP contribution is -2.46. The van der Waals surface area contributed by atoms with Crippen LogP contribution in [0.3, 0.4) is 0 Å². The molecule has 0 saturated carbocycles. The van der Waals surface area contributed by atoms with Crippen molar-refractivity contribution in [1.29, 1.82) is 0 Å². The summed E-state index contributed by atoms with van der Waals surface area (Å²) in [6.45, 7) is 15.4. The molecule has 3 heteroatoms. The molecule has 1 heterocycles. The minimum Gasteiger partial charge on any atom is -0.396 e. The summed E-state index contributed by atoms with van der Waals surface area (Å²) >= 11 is 0. The third-order valence-electron chi connectivity index (χ3n) is 7.67. The van der Waals surface area contributed by atoms with Crippen LogP contribution in [0.15, 0.2) is 42.5 Å². The molecule has 31 heavy (non-hydrogen) atoms. The largest absolute Gasteiger partial charge is 0.396 e. The molecule has 0 spiro atoms. The molecule has 2 aromatic carbocycles. The van der Waals surface area contributed by atoms with E-state index in [0.29, 0.717) is 6.61 Å². The van der Waals surface area contributed by atoms with Gasteiger partial charge in [0.2, 0.25) is 0 Å². The molecule has 168 valence electrons. The number of fused-ring (bicyclic) bond motifs is 1. The fourth-order valence-electron chi connectivity index (χ4n) is 5.31. The Morgan fingerprint density at radius 1 is 0.742 bits per heavy atom. The molecule has 0 bridgehead atoms. The van der Waals surface area contributed by atoms with Crippen LogP contribution in [0.25, 0.3) is 11.1 Å². The summed E-state index contributed by atoms with van der Waals surface area (Å²) in [5.41, 5.74) is 7.56. The molecule has 1 aliphatic heterocycles. The van der Waals surface area contributed by atoms with Crippen molar-refractivity contribution in [2.45, 2.75) is 64.2 Å². The molecular formula is C28H40N2O. The first-order valence-corrected chi connectivity index (χ1v) is 12.1. The highest BCUT2D eigenvalue weighted by Gasteiger charge is 2.36. The number of unbranched alkanes of at least 4 members (excludes halogenated alkanes) is 1. The SMILES string of the molecule is CC1(C)CCC(C)(C)c2cc(-c3ccc(N4CCN(CCCCO)CC4)cc3)ccc21. The van der Waals surface area contributed by atoms with Crippen molar-refractivity contribution < 1.29 is 5.11 Å². The number of hydrogen-bond acceptors (Lipinski definition) is 3. The van der Waals surface area contributed by atoms with Crippen molar-refractivity contribution >= 4 is 5.69 Å². The highest BCUT2D eigenvalue weighted by Crippen LogP contribution is 2.46. The Bertz CT molecular complexity index is 876. The second-order valence-corrected chi connectivity index (χ2v) is 10.8. The second-order valence-electron chi connectivity index (χ2n) is 10.8. The normalized spacial score (nSPS) is 20.5. The minimum absolute atomic E-state index is 0.248. The fourth-order valence-corrected chi connectivity index (χ4v) is 5.31. The lowest BCUT2D eigenvalue weighted by Gasteiger charge is -2.42. The van der Waals surface area contributed by atoms with Gasteiger partial charge in [-0.2, -0.15) is 0 Å². The predicted molar refractivity (Wildman–Crippen MR) is 132 cm³/mol. The number of aliphatic hydroxyl groups excluding tert-OH is 1. The molecule has 0 unspecified atom stereocenters. The fraction of sp³-hybridized carbons (Fsp3) is 0.571. The molecule has 0 aromatic heterocycles. The summed E-state index contributed by atoms with van der Waals surface area (Å²) < 4.78 is 0. The quantitative estimate of drug-likeness (QED) is 0.617. The van der Waals surface area contributed by atoms with Gasteiger partial charge < -0.3 is 10.0 Å². The van der Waals surface area contributed by atoms with E-state index in [9.17, 15) is 0 Å². The van der Waals surface area contributed by atoms with E-state index in [1.807, 2.05) is 0 Å². The van der Waals surface area contributed by atoms with Crippen LogP contribution in [0.1, 0.15) is 64.5 Å². The molecule has 2 aliphatic rings. The van der Waals surface area contributed by atoms with Crippen molar-refractivity contribution in [3.05, 3.63) is 53.6 Å².